The van der Waals surface area contributed by atoms with Crippen molar-refractivity contribution in [2.45, 2.75) is 31.5 Å². The van der Waals surface area contributed by atoms with Crippen molar-refractivity contribution < 1.29 is 9.47 Å². The number of likely N-dealkylation sites (N-methyl/N-ethyl adjacent to an activating group) is 1. The second-order valence-corrected chi connectivity index (χ2v) is 7.21. The largest absolute Gasteiger partial charge is 0.454 e. The molecule has 0 N–H and O–H groups in total. The normalized spacial score (nSPS) is 27.1. The van der Waals surface area contributed by atoms with Crippen LogP contribution in [0.25, 0.3) is 0 Å². The number of likely N-dealkylation sites (tertiary alicyclic amines) is 2. The zero-order valence-corrected chi connectivity index (χ0v) is 14.2. The van der Waals surface area contributed by atoms with Crippen LogP contribution in [-0.2, 0) is 6.54 Å². The molecule has 1 aromatic carbocycles. The molecule has 3 aliphatic rings. The summed E-state index contributed by atoms with van der Waals surface area (Å²) in [5.41, 5.74) is 1.33. The highest BCUT2D eigenvalue weighted by Gasteiger charge is 2.41. The second kappa shape index (κ2) is 6.30. The first kappa shape index (κ1) is 15.2. The Morgan fingerprint density at radius 1 is 1.04 bits per heavy atom. The van der Waals surface area contributed by atoms with Crippen molar-refractivity contribution in [1.82, 2.24) is 14.7 Å². The molecule has 4 rings (SSSR count). The lowest BCUT2D eigenvalue weighted by Crippen LogP contribution is -2.39. The average Bonchev–Trinajstić information content (AvgIpc) is 3.22. The third-order valence-electron chi connectivity index (χ3n) is 5.46. The van der Waals surface area contributed by atoms with Crippen LogP contribution in [0.3, 0.4) is 0 Å². The van der Waals surface area contributed by atoms with Crippen LogP contribution in [0.1, 0.15) is 18.4 Å². The zero-order chi connectivity index (χ0) is 15.8. The van der Waals surface area contributed by atoms with Gasteiger partial charge in [-0.15, -0.1) is 0 Å². The zero-order valence-electron chi connectivity index (χ0n) is 14.2. The van der Waals surface area contributed by atoms with Crippen molar-refractivity contribution in [3.63, 3.8) is 0 Å². The molecule has 0 aliphatic carbocycles. The predicted octanol–water partition coefficient (Wildman–Crippen LogP) is 1.63. The van der Waals surface area contributed by atoms with E-state index in [1.807, 2.05) is 6.07 Å². The molecule has 0 amide bonds. The molecule has 2 saturated heterocycles. The summed E-state index contributed by atoms with van der Waals surface area (Å²) in [6, 6.07) is 7.85. The number of rotatable bonds is 5. The molecule has 2 atom stereocenters. The number of ether oxygens (including phenoxy) is 2. The lowest BCUT2D eigenvalue weighted by Gasteiger charge is -2.26. The number of hydrogen-bond donors (Lipinski definition) is 0. The van der Waals surface area contributed by atoms with Gasteiger partial charge in [-0.05, 0) is 44.6 Å². The van der Waals surface area contributed by atoms with Gasteiger partial charge in [0.05, 0.1) is 0 Å². The second-order valence-electron chi connectivity index (χ2n) is 7.21. The number of nitrogens with zero attached hydrogens (tertiary/aromatic N) is 3. The summed E-state index contributed by atoms with van der Waals surface area (Å²) in [5, 5.41) is 0. The maximum atomic E-state index is 5.51. The minimum atomic E-state index is 0.355. The Balaban J connectivity index is 1.38. The van der Waals surface area contributed by atoms with Crippen molar-refractivity contribution in [2.75, 3.05) is 47.1 Å². The van der Waals surface area contributed by atoms with E-state index in [4.69, 9.17) is 9.47 Å². The van der Waals surface area contributed by atoms with Crippen LogP contribution >= 0.6 is 0 Å². The molecular weight excluding hydrogens is 290 g/mol. The Bertz CT molecular complexity index is 563. The molecule has 3 heterocycles. The molecule has 2 fully saturated rings. The summed E-state index contributed by atoms with van der Waals surface area (Å²) in [6.07, 6.45) is 2.62. The van der Waals surface area contributed by atoms with E-state index in [1.54, 1.807) is 0 Å². The molecular formula is C18H27N3O2. The number of benzene rings is 1. The van der Waals surface area contributed by atoms with Gasteiger partial charge in [0.25, 0.3) is 0 Å². The predicted molar refractivity (Wildman–Crippen MR) is 89.9 cm³/mol. The minimum Gasteiger partial charge on any atom is -0.454 e. The third-order valence-corrected chi connectivity index (χ3v) is 5.46. The van der Waals surface area contributed by atoms with Crippen molar-refractivity contribution >= 4 is 0 Å². The molecule has 126 valence electrons. The van der Waals surface area contributed by atoms with Gasteiger partial charge in [0.1, 0.15) is 0 Å². The first-order valence-corrected chi connectivity index (χ1v) is 8.72. The van der Waals surface area contributed by atoms with E-state index < -0.39 is 0 Å². The van der Waals surface area contributed by atoms with Gasteiger partial charge in [-0.25, -0.2) is 0 Å². The topological polar surface area (TPSA) is 28.2 Å². The van der Waals surface area contributed by atoms with Gasteiger partial charge < -0.3 is 14.4 Å². The van der Waals surface area contributed by atoms with E-state index in [0.29, 0.717) is 6.79 Å². The first-order chi connectivity index (χ1) is 11.2. The summed E-state index contributed by atoms with van der Waals surface area (Å²) in [4.78, 5) is 7.65. The summed E-state index contributed by atoms with van der Waals surface area (Å²) < 4.78 is 10.9. The smallest absolute Gasteiger partial charge is 0.231 e. The van der Waals surface area contributed by atoms with E-state index in [2.05, 4.69) is 40.9 Å². The van der Waals surface area contributed by atoms with Crippen LogP contribution in [0.15, 0.2) is 18.2 Å². The van der Waals surface area contributed by atoms with Crippen molar-refractivity contribution in [3.05, 3.63) is 23.8 Å². The van der Waals surface area contributed by atoms with Crippen LogP contribution in [0.4, 0.5) is 0 Å². The lowest BCUT2D eigenvalue weighted by molar-refractivity contribution is 0.174. The Morgan fingerprint density at radius 3 is 2.61 bits per heavy atom. The number of fused-ring (bicyclic) bond motifs is 2. The van der Waals surface area contributed by atoms with Crippen molar-refractivity contribution in [2.24, 2.45) is 0 Å². The molecule has 23 heavy (non-hydrogen) atoms. The molecule has 1 aromatic rings. The summed E-state index contributed by atoms with van der Waals surface area (Å²) >= 11 is 0. The Labute approximate surface area is 138 Å². The maximum absolute atomic E-state index is 5.51. The van der Waals surface area contributed by atoms with Crippen molar-refractivity contribution in [1.29, 1.82) is 0 Å². The van der Waals surface area contributed by atoms with E-state index in [9.17, 15) is 0 Å². The SMILES string of the molecule is CN(C)CCN1CC[C@H]2[C@H]1CCN2Cc1ccc2c(c1)OCO2. The summed E-state index contributed by atoms with van der Waals surface area (Å²) in [5.74, 6) is 1.78. The molecule has 5 heteroatoms. The van der Waals surface area contributed by atoms with E-state index in [0.717, 1.165) is 36.7 Å². The first-order valence-electron chi connectivity index (χ1n) is 8.72. The third kappa shape index (κ3) is 3.05. The van der Waals surface area contributed by atoms with Crippen molar-refractivity contribution in [3.8, 4) is 11.5 Å². The highest BCUT2D eigenvalue weighted by atomic mass is 16.7. The molecule has 0 unspecified atom stereocenters. The van der Waals surface area contributed by atoms with Gasteiger partial charge in [0, 0.05) is 44.8 Å². The highest BCUT2D eigenvalue weighted by molar-refractivity contribution is 5.44. The van der Waals surface area contributed by atoms with Gasteiger partial charge in [0.15, 0.2) is 11.5 Å². The Morgan fingerprint density at radius 2 is 1.78 bits per heavy atom. The van der Waals surface area contributed by atoms with Gasteiger partial charge >= 0.3 is 0 Å². The average molecular weight is 317 g/mol. The van der Waals surface area contributed by atoms with Crippen LogP contribution in [0.5, 0.6) is 11.5 Å². The summed E-state index contributed by atoms with van der Waals surface area (Å²) in [7, 11) is 4.32. The molecule has 0 spiro atoms. The fraction of sp³-hybridized carbons (Fsp3) is 0.667. The minimum absolute atomic E-state index is 0.355. The molecule has 0 radical (unpaired) electrons. The van der Waals surface area contributed by atoms with E-state index in [1.165, 1.54) is 38.0 Å². The van der Waals surface area contributed by atoms with Crippen LogP contribution < -0.4 is 9.47 Å². The lowest BCUT2D eigenvalue weighted by atomic mass is 10.1. The maximum Gasteiger partial charge on any atom is 0.231 e. The molecule has 0 aromatic heterocycles. The number of hydrogen-bond acceptors (Lipinski definition) is 5. The fourth-order valence-electron chi connectivity index (χ4n) is 4.24. The van der Waals surface area contributed by atoms with E-state index >= 15 is 0 Å². The molecule has 0 saturated carbocycles. The highest BCUT2D eigenvalue weighted by Crippen LogP contribution is 2.35. The van der Waals surface area contributed by atoms with Gasteiger partial charge in [-0.2, -0.15) is 0 Å². The van der Waals surface area contributed by atoms with Gasteiger partial charge in [-0.1, -0.05) is 6.07 Å². The molecule has 5 nitrogen and oxygen atoms in total. The quantitative estimate of drug-likeness (QED) is 0.823. The molecule has 3 aliphatic heterocycles. The van der Waals surface area contributed by atoms with Gasteiger partial charge in [0.2, 0.25) is 6.79 Å². The van der Waals surface area contributed by atoms with E-state index in [-0.39, 0.29) is 0 Å². The van der Waals surface area contributed by atoms with Crippen LogP contribution in [-0.4, -0.2) is 73.9 Å². The van der Waals surface area contributed by atoms with Crippen LogP contribution in [0.2, 0.25) is 0 Å². The Hall–Kier alpha value is -1.30. The molecule has 0 bridgehead atoms. The summed E-state index contributed by atoms with van der Waals surface area (Å²) in [6.45, 7) is 6.20. The Kier molecular flexibility index (Phi) is 4.18. The monoisotopic (exact) mass is 317 g/mol. The fourth-order valence-corrected chi connectivity index (χ4v) is 4.24. The van der Waals surface area contributed by atoms with Gasteiger partial charge in [-0.3, -0.25) is 9.80 Å². The standard InChI is InChI=1S/C18H27N3O2/c1-19(2)9-10-20-7-5-16-15(20)6-8-21(16)12-14-3-4-17-18(11-14)23-13-22-17/h3-4,11,15-16H,5-10,12-13H2,1-2H3/t15-,16+/m1/s1. The van der Waals surface area contributed by atoms with Crippen LogP contribution in [0, 0.1) is 0 Å².